The van der Waals surface area contributed by atoms with Crippen LogP contribution in [0.5, 0.6) is 5.75 Å². The van der Waals surface area contributed by atoms with Gasteiger partial charge >= 0.3 is 0 Å². The lowest BCUT2D eigenvalue weighted by Gasteiger charge is -2.36. The molecule has 3 aromatic rings. The fourth-order valence-corrected chi connectivity index (χ4v) is 4.43. The van der Waals surface area contributed by atoms with Crippen LogP contribution in [0, 0.1) is 12.4 Å². The molecule has 0 aliphatic carbocycles. The van der Waals surface area contributed by atoms with Crippen molar-refractivity contribution >= 4 is 11.6 Å². The quantitative estimate of drug-likeness (QED) is 0.529. The van der Waals surface area contributed by atoms with Crippen molar-refractivity contribution in [1.82, 2.24) is 14.5 Å². The molecular weight excluding hydrogens is 433 g/mol. The molecule has 7 nitrogen and oxygen atoms in total. The third-order valence-corrected chi connectivity index (χ3v) is 6.46. The summed E-state index contributed by atoms with van der Waals surface area (Å²) in [5.74, 6) is 0.594. The van der Waals surface area contributed by atoms with Crippen LogP contribution < -0.4 is 15.2 Å². The Labute approximate surface area is 198 Å². The summed E-state index contributed by atoms with van der Waals surface area (Å²) in [5.41, 5.74) is 1.62. The van der Waals surface area contributed by atoms with Gasteiger partial charge in [-0.15, -0.1) is 0 Å². The molecule has 4 rings (SSSR count). The van der Waals surface area contributed by atoms with Gasteiger partial charge in [0, 0.05) is 31.7 Å². The molecule has 0 saturated carbocycles. The molecule has 0 amide bonds. The summed E-state index contributed by atoms with van der Waals surface area (Å²) in [6.45, 7) is 8.69. The fourth-order valence-electron chi connectivity index (χ4n) is 4.43. The lowest BCUT2D eigenvalue weighted by atomic mass is 9.99. The van der Waals surface area contributed by atoms with Gasteiger partial charge in [-0.2, -0.15) is 0 Å². The van der Waals surface area contributed by atoms with Crippen LogP contribution >= 0.6 is 0 Å². The van der Waals surface area contributed by atoms with Crippen molar-refractivity contribution in [2.24, 2.45) is 7.05 Å². The van der Waals surface area contributed by atoms with Crippen LogP contribution in [0.2, 0.25) is 0 Å². The average molecular weight is 462 g/mol. The highest BCUT2D eigenvalue weighted by atomic mass is 19.1. The van der Waals surface area contributed by atoms with Crippen molar-refractivity contribution in [2.45, 2.75) is 18.9 Å². The van der Waals surface area contributed by atoms with Crippen LogP contribution in [0.25, 0.3) is 27.2 Å². The minimum Gasteiger partial charge on any atom is -0.497 e. The molecule has 2 aromatic carbocycles. The molecule has 2 heterocycles. The second-order valence-corrected chi connectivity index (χ2v) is 8.69. The second-order valence-electron chi connectivity index (χ2n) is 8.69. The number of ether oxygens (including phenoxy) is 1. The molecule has 0 bridgehead atoms. The predicted octanol–water partition coefficient (Wildman–Crippen LogP) is 4.34. The number of methoxy groups -OCH3 is 1. The molecule has 0 radical (unpaired) electrons. The van der Waals surface area contributed by atoms with Crippen molar-refractivity contribution in [3.8, 4) is 28.1 Å². The number of benzene rings is 2. The molecule has 1 fully saturated rings. The van der Waals surface area contributed by atoms with E-state index in [0.29, 0.717) is 40.1 Å². The monoisotopic (exact) mass is 461 g/mol. The van der Waals surface area contributed by atoms with E-state index in [1.165, 1.54) is 12.1 Å². The topological polar surface area (TPSA) is 55.0 Å². The molecule has 0 N–H and O–H groups in total. The molecule has 0 unspecified atom stereocenters. The summed E-state index contributed by atoms with van der Waals surface area (Å²) < 4.78 is 21.4. The lowest BCUT2D eigenvalue weighted by Crippen LogP contribution is -2.44. The van der Waals surface area contributed by atoms with Crippen molar-refractivity contribution in [3.05, 3.63) is 70.1 Å². The first kappa shape index (κ1) is 23.5. The Morgan fingerprint density at radius 2 is 1.76 bits per heavy atom. The number of piperidine rings is 1. The zero-order valence-electron chi connectivity index (χ0n) is 19.9. The van der Waals surface area contributed by atoms with E-state index in [2.05, 4.69) is 28.7 Å². The van der Waals surface area contributed by atoms with Crippen molar-refractivity contribution in [1.29, 1.82) is 0 Å². The number of hydrogen-bond donors (Lipinski definition) is 0. The predicted molar refractivity (Wildman–Crippen MR) is 132 cm³/mol. The van der Waals surface area contributed by atoms with Crippen LogP contribution in [0.15, 0.2) is 47.3 Å². The summed E-state index contributed by atoms with van der Waals surface area (Å²) in [6.07, 6.45) is 1.93. The molecule has 1 aromatic heterocycles. The first-order chi connectivity index (χ1) is 16.3. The maximum Gasteiger partial charge on any atom is 0.263 e. The average Bonchev–Trinajstić information content (AvgIpc) is 2.85. The molecule has 34 heavy (non-hydrogen) atoms. The van der Waals surface area contributed by atoms with Gasteiger partial charge in [0.2, 0.25) is 11.6 Å². The van der Waals surface area contributed by atoms with E-state index in [-0.39, 0.29) is 11.2 Å². The zero-order chi connectivity index (χ0) is 24.4. The minimum atomic E-state index is -0.635. The first-order valence-electron chi connectivity index (χ1n) is 11.2. The Morgan fingerprint density at radius 3 is 2.32 bits per heavy atom. The summed E-state index contributed by atoms with van der Waals surface area (Å²) in [7, 11) is 7.47. The highest BCUT2D eigenvalue weighted by Gasteiger charge is 2.26. The van der Waals surface area contributed by atoms with E-state index >= 15 is 0 Å². The molecular formula is C26H28FN5O2. The maximum atomic E-state index is 14.6. The van der Waals surface area contributed by atoms with Crippen LogP contribution in [-0.4, -0.2) is 54.8 Å². The number of rotatable bonds is 5. The Bertz CT molecular complexity index is 1290. The highest BCUT2D eigenvalue weighted by Crippen LogP contribution is 2.33. The van der Waals surface area contributed by atoms with Crippen molar-refractivity contribution in [2.75, 3.05) is 39.2 Å². The van der Waals surface area contributed by atoms with Gasteiger partial charge in [-0.05, 0) is 50.7 Å². The summed E-state index contributed by atoms with van der Waals surface area (Å²) in [4.78, 5) is 26.1. The van der Waals surface area contributed by atoms with E-state index in [4.69, 9.17) is 16.3 Å². The third kappa shape index (κ3) is 4.39. The van der Waals surface area contributed by atoms with Gasteiger partial charge in [0.15, 0.2) is 0 Å². The number of halogens is 1. The second kappa shape index (κ2) is 9.65. The summed E-state index contributed by atoms with van der Waals surface area (Å²) in [6, 6.07) is 12.0. The van der Waals surface area contributed by atoms with Gasteiger partial charge in [0.1, 0.15) is 11.6 Å². The third-order valence-electron chi connectivity index (χ3n) is 6.46. The maximum absolute atomic E-state index is 14.6. The first-order valence-corrected chi connectivity index (χ1v) is 11.2. The van der Waals surface area contributed by atoms with E-state index in [0.717, 1.165) is 25.9 Å². The van der Waals surface area contributed by atoms with Crippen LogP contribution in [0.3, 0.4) is 0 Å². The number of anilines is 1. The summed E-state index contributed by atoms with van der Waals surface area (Å²) >= 11 is 0. The van der Waals surface area contributed by atoms with Gasteiger partial charge in [0.25, 0.3) is 5.56 Å². The van der Waals surface area contributed by atoms with Gasteiger partial charge < -0.3 is 14.5 Å². The standard InChI is InChI=1S/C26H28FN5O2/c1-28-22-11-8-18(16-21(22)27)24-23(17-6-9-20(34-5)10-7-17)25(33)31(4)26(29-24)32-14-12-19(13-15-32)30(2)3/h6-11,16,19H,12-15H2,2-5H3. The minimum absolute atomic E-state index is 0.0652. The number of hydrogen-bond acceptors (Lipinski definition) is 5. The highest BCUT2D eigenvalue weighted by molar-refractivity contribution is 5.82. The molecule has 8 heteroatoms. The van der Waals surface area contributed by atoms with Crippen LogP contribution in [0.4, 0.5) is 16.0 Å². The van der Waals surface area contributed by atoms with Crippen LogP contribution in [-0.2, 0) is 7.05 Å². The zero-order valence-corrected chi connectivity index (χ0v) is 19.9. The SMILES string of the molecule is [C-]#[N+]c1ccc(-c2nc(N3CCC(N(C)C)CC3)n(C)c(=O)c2-c2ccc(OC)cc2)cc1F. The van der Waals surface area contributed by atoms with Gasteiger partial charge in [-0.1, -0.05) is 24.3 Å². The number of aromatic nitrogens is 2. The largest absolute Gasteiger partial charge is 0.497 e. The number of nitrogens with zero attached hydrogens (tertiary/aromatic N) is 5. The van der Waals surface area contributed by atoms with Gasteiger partial charge in [-0.25, -0.2) is 14.2 Å². The molecule has 176 valence electrons. The lowest BCUT2D eigenvalue weighted by molar-refractivity contribution is 0.248. The van der Waals surface area contributed by atoms with E-state index in [1.54, 1.807) is 49.1 Å². The van der Waals surface area contributed by atoms with Crippen molar-refractivity contribution < 1.29 is 9.13 Å². The van der Waals surface area contributed by atoms with Gasteiger partial charge in [0.05, 0.1) is 24.9 Å². The Balaban J connectivity index is 1.88. The fraction of sp³-hybridized carbons (Fsp3) is 0.346. The Kier molecular flexibility index (Phi) is 6.66. The molecule has 1 saturated heterocycles. The molecule has 0 atom stereocenters. The van der Waals surface area contributed by atoms with Gasteiger partial charge in [-0.3, -0.25) is 9.36 Å². The van der Waals surface area contributed by atoms with E-state index in [1.807, 2.05) is 0 Å². The summed E-state index contributed by atoms with van der Waals surface area (Å²) in [5, 5.41) is 0. The van der Waals surface area contributed by atoms with Crippen LogP contribution in [0.1, 0.15) is 12.8 Å². The molecule has 0 spiro atoms. The van der Waals surface area contributed by atoms with E-state index in [9.17, 15) is 9.18 Å². The molecule has 1 aliphatic rings. The molecule has 1 aliphatic heterocycles. The Hall–Kier alpha value is -3.70. The smallest absolute Gasteiger partial charge is 0.263 e. The Morgan fingerprint density at radius 1 is 1.12 bits per heavy atom. The van der Waals surface area contributed by atoms with E-state index < -0.39 is 5.82 Å². The van der Waals surface area contributed by atoms with Crippen molar-refractivity contribution in [3.63, 3.8) is 0 Å². The normalized spacial score (nSPS) is 14.3.